The second-order valence-corrected chi connectivity index (χ2v) is 5.16. The van der Waals surface area contributed by atoms with Crippen molar-refractivity contribution in [2.45, 2.75) is 65.5 Å². The van der Waals surface area contributed by atoms with Crippen molar-refractivity contribution in [1.82, 2.24) is 5.32 Å². The zero-order valence-corrected chi connectivity index (χ0v) is 9.64. The molecule has 0 aromatic rings. The summed E-state index contributed by atoms with van der Waals surface area (Å²) >= 11 is 0. The van der Waals surface area contributed by atoms with Crippen LogP contribution in [0.3, 0.4) is 0 Å². The van der Waals surface area contributed by atoms with Crippen LogP contribution in [0.1, 0.15) is 53.4 Å². The molecule has 1 aliphatic carbocycles. The van der Waals surface area contributed by atoms with Gasteiger partial charge in [-0.1, -0.05) is 20.8 Å². The van der Waals surface area contributed by atoms with Gasteiger partial charge >= 0.3 is 0 Å². The molecular formula is C12H25N. The summed E-state index contributed by atoms with van der Waals surface area (Å²) in [5, 5.41) is 3.74. The van der Waals surface area contributed by atoms with Gasteiger partial charge in [-0.2, -0.15) is 0 Å². The molecule has 1 N–H and O–H groups in total. The molecule has 1 rings (SSSR count). The van der Waals surface area contributed by atoms with Crippen molar-refractivity contribution in [1.29, 1.82) is 0 Å². The molecule has 1 atom stereocenters. The number of rotatable bonds is 3. The maximum atomic E-state index is 3.74. The van der Waals surface area contributed by atoms with E-state index in [0.717, 1.165) is 17.9 Å². The van der Waals surface area contributed by atoms with Gasteiger partial charge in [-0.15, -0.1) is 0 Å². The number of nitrogens with one attached hydrogen (secondary N) is 1. The second kappa shape index (κ2) is 4.99. The van der Waals surface area contributed by atoms with Gasteiger partial charge in [0, 0.05) is 12.1 Å². The molecule has 0 radical (unpaired) electrons. The molecule has 1 fully saturated rings. The topological polar surface area (TPSA) is 12.0 Å². The zero-order valence-electron chi connectivity index (χ0n) is 9.64. The third-order valence-corrected chi connectivity index (χ3v) is 3.51. The lowest BCUT2D eigenvalue weighted by molar-refractivity contribution is 0.271. The normalized spacial score (nSPS) is 32.1. The highest BCUT2D eigenvalue weighted by atomic mass is 14.9. The van der Waals surface area contributed by atoms with Crippen molar-refractivity contribution >= 4 is 0 Å². The van der Waals surface area contributed by atoms with Crippen LogP contribution < -0.4 is 5.32 Å². The average molecular weight is 183 g/mol. The van der Waals surface area contributed by atoms with E-state index in [-0.39, 0.29) is 0 Å². The van der Waals surface area contributed by atoms with Crippen LogP contribution in [0.25, 0.3) is 0 Å². The van der Waals surface area contributed by atoms with Gasteiger partial charge in [0.05, 0.1) is 0 Å². The van der Waals surface area contributed by atoms with E-state index in [1.807, 2.05) is 0 Å². The molecule has 1 unspecified atom stereocenters. The Bertz CT molecular complexity index is 134. The number of hydrogen-bond donors (Lipinski definition) is 1. The van der Waals surface area contributed by atoms with Gasteiger partial charge < -0.3 is 5.32 Å². The summed E-state index contributed by atoms with van der Waals surface area (Å²) in [6.07, 6.45) is 5.61. The minimum atomic E-state index is 0.679. The fourth-order valence-electron chi connectivity index (χ4n) is 1.99. The minimum absolute atomic E-state index is 0.679. The van der Waals surface area contributed by atoms with Gasteiger partial charge in [0.1, 0.15) is 0 Å². The predicted octanol–water partition coefficient (Wildman–Crippen LogP) is 3.20. The van der Waals surface area contributed by atoms with Crippen LogP contribution in [0, 0.1) is 11.8 Å². The Hall–Kier alpha value is -0.0400. The van der Waals surface area contributed by atoms with Crippen LogP contribution in [0.4, 0.5) is 0 Å². The summed E-state index contributed by atoms with van der Waals surface area (Å²) in [4.78, 5) is 0. The lowest BCUT2D eigenvalue weighted by Gasteiger charge is -2.31. The van der Waals surface area contributed by atoms with E-state index in [0.29, 0.717) is 6.04 Å². The highest BCUT2D eigenvalue weighted by Gasteiger charge is 2.20. The molecule has 0 aliphatic heterocycles. The van der Waals surface area contributed by atoms with Gasteiger partial charge in [0.25, 0.3) is 0 Å². The van der Waals surface area contributed by atoms with Gasteiger partial charge in [-0.25, -0.2) is 0 Å². The smallest absolute Gasteiger partial charge is 0.00698 e. The van der Waals surface area contributed by atoms with Crippen LogP contribution >= 0.6 is 0 Å². The first-order valence-electron chi connectivity index (χ1n) is 5.85. The van der Waals surface area contributed by atoms with E-state index in [4.69, 9.17) is 0 Å². The molecule has 0 heterocycles. The third-order valence-electron chi connectivity index (χ3n) is 3.51. The number of hydrogen-bond acceptors (Lipinski definition) is 1. The van der Waals surface area contributed by atoms with E-state index in [1.165, 1.54) is 25.7 Å². The summed E-state index contributed by atoms with van der Waals surface area (Å²) < 4.78 is 0. The lowest BCUT2D eigenvalue weighted by Crippen LogP contribution is -2.41. The Morgan fingerprint density at radius 3 is 2.00 bits per heavy atom. The van der Waals surface area contributed by atoms with Crippen molar-refractivity contribution in [2.24, 2.45) is 11.8 Å². The van der Waals surface area contributed by atoms with E-state index < -0.39 is 0 Å². The van der Waals surface area contributed by atoms with E-state index in [2.05, 4.69) is 33.0 Å². The molecule has 0 spiro atoms. The van der Waals surface area contributed by atoms with Crippen molar-refractivity contribution in [3.05, 3.63) is 0 Å². The molecule has 1 aliphatic rings. The highest BCUT2D eigenvalue weighted by molar-refractivity contribution is 4.78. The largest absolute Gasteiger partial charge is 0.311 e. The predicted molar refractivity (Wildman–Crippen MR) is 58.9 cm³/mol. The second-order valence-electron chi connectivity index (χ2n) is 5.16. The molecule has 0 aromatic heterocycles. The molecule has 1 saturated carbocycles. The first-order valence-corrected chi connectivity index (χ1v) is 5.85. The fraction of sp³-hybridized carbons (Fsp3) is 1.00. The van der Waals surface area contributed by atoms with E-state index in [9.17, 15) is 0 Å². The van der Waals surface area contributed by atoms with Crippen LogP contribution in [-0.4, -0.2) is 12.1 Å². The maximum Gasteiger partial charge on any atom is 0.00698 e. The van der Waals surface area contributed by atoms with Crippen LogP contribution in [0.5, 0.6) is 0 Å². The molecule has 78 valence electrons. The van der Waals surface area contributed by atoms with Crippen LogP contribution in [0.15, 0.2) is 0 Å². The van der Waals surface area contributed by atoms with Crippen LogP contribution in [0.2, 0.25) is 0 Å². The van der Waals surface area contributed by atoms with Gasteiger partial charge in [0.2, 0.25) is 0 Å². The van der Waals surface area contributed by atoms with Gasteiger partial charge in [-0.05, 0) is 44.4 Å². The van der Waals surface area contributed by atoms with Crippen molar-refractivity contribution < 1.29 is 0 Å². The van der Waals surface area contributed by atoms with Gasteiger partial charge in [0.15, 0.2) is 0 Å². The van der Waals surface area contributed by atoms with E-state index >= 15 is 0 Å². The Kier molecular flexibility index (Phi) is 4.24. The minimum Gasteiger partial charge on any atom is -0.311 e. The summed E-state index contributed by atoms with van der Waals surface area (Å²) in [6.45, 7) is 9.27. The Labute approximate surface area is 83.3 Å². The average Bonchev–Trinajstić information content (AvgIpc) is 2.08. The molecule has 1 nitrogen and oxygen atoms in total. The van der Waals surface area contributed by atoms with Crippen molar-refractivity contribution in [2.75, 3.05) is 0 Å². The molecule has 1 heteroatoms. The summed E-state index contributed by atoms with van der Waals surface area (Å²) in [5.41, 5.74) is 0. The monoisotopic (exact) mass is 183 g/mol. The standard InChI is InChI=1S/C12H25N/c1-9(2)11(4)13-12-7-5-10(3)6-8-12/h9-13H,5-8H2,1-4H3. The summed E-state index contributed by atoms with van der Waals surface area (Å²) in [6, 6.07) is 1.48. The molecule has 0 saturated heterocycles. The zero-order chi connectivity index (χ0) is 9.84. The SMILES string of the molecule is CC1CCC(NC(C)C(C)C)CC1. The fourth-order valence-corrected chi connectivity index (χ4v) is 1.99. The first-order chi connectivity index (χ1) is 6.09. The first kappa shape index (κ1) is 11.0. The molecular weight excluding hydrogens is 158 g/mol. The molecule has 0 amide bonds. The van der Waals surface area contributed by atoms with Gasteiger partial charge in [-0.3, -0.25) is 0 Å². The summed E-state index contributed by atoms with van der Waals surface area (Å²) in [5.74, 6) is 1.73. The molecule has 13 heavy (non-hydrogen) atoms. The van der Waals surface area contributed by atoms with Crippen molar-refractivity contribution in [3.8, 4) is 0 Å². The maximum absolute atomic E-state index is 3.74. The van der Waals surface area contributed by atoms with Crippen molar-refractivity contribution in [3.63, 3.8) is 0 Å². The molecule has 0 aromatic carbocycles. The Morgan fingerprint density at radius 1 is 1.00 bits per heavy atom. The Morgan fingerprint density at radius 2 is 1.54 bits per heavy atom. The van der Waals surface area contributed by atoms with E-state index in [1.54, 1.807) is 0 Å². The van der Waals surface area contributed by atoms with Crippen LogP contribution in [-0.2, 0) is 0 Å². The summed E-state index contributed by atoms with van der Waals surface area (Å²) in [7, 11) is 0. The lowest BCUT2D eigenvalue weighted by atomic mass is 9.86. The molecule has 0 bridgehead atoms. The quantitative estimate of drug-likeness (QED) is 0.708. The third kappa shape index (κ3) is 3.68. The Balaban J connectivity index is 2.22. The highest BCUT2D eigenvalue weighted by Crippen LogP contribution is 2.24.